The van der Waals surface area contributed by atoms with Gasteiger partial charge in [-0.15, -0.1) is 0 Å². The first-order valence-corrected chi connectivity index (χ1v) is 3.88. The Hall–Kier alpha value is -1.25. The highest BCUT2D eigenvalue weighted by Gasteiger charge is 2.13. The lowest BCUT2D eigenvalue weighted by Gasteiger charge is -2.14. The first-order chi connectivity index (χ1) is 5.59. The zero-order valence-electron chi connectivity index (χ0n) is 7.20. The highest BCUT2D eigenvalue weighted by molar-refractivity contribution is 5.67. The number of ether oxygens (including phenoxy) is 1. The molecule has 1 unspecified atom stereocenters. The number of carbonyl (C=O) groups is 1. The maximum Gasteiger partial charge on any atom is 0.308 e. The van der Waals surface area contributed by atoms with Crippen LogP contribution in [-0.4, -0.2) is 11.1 Å². The molecule has 0 fully saturated rings. The summed E-state index contributed by atoms with van der Waals surface area (Å²) in [6, 6.07) is 0. The van der Waals surface area contributed by atoms with Crippen molar-refractivity contribution < 1.29 is 14.6 Å². The van der Waals surface area contributed by atoms with Gasteiger partial charge in [0.1, 0.15) is 5.76 Å². The van der Waals surface area contributed by atoms with E-state index in [1.165, 1.54) is 13.0 Å². The van der Waals surface area contributed by atoms with Crippen LogP contribution in [0, 0.1) is 5.92 Å². The second-order valence-electron chi connectivity index (χ2n) is 2.91. The van der Waals surface area contributed by atoms with Gasteiger partial charge in [0.25, 0.3) is 0 Å². The van der Waals surface area contributed by atoms with Crippen molar-refractivity contribution in [2.75, 3.05) is 0 Å². The number of rotatable bonds is 1. The van der Waals surface area contributed by atoms with E-state index in [9.17, 15) is 9.90 Å². The molecule has 1 aliphatic carbocycles. The van der Waals surface area contributed by atoms with E-state index in [4.69, 9.17) is 4.74 Å². The maximum atomic E-state index is 10.5. The van der Waals surface area contributed by atoms with Gasteiger partial charge in [0, 0.05) is 18.9 Å². The van der Waals surface area contributed by atoms with Crippen LogP contribution in [0.4, 0.5) is 0 Å². The summed E-state index contributed by atoms with van der Waals surface area (Å²) in [5, 5.41) is 9.29. The van der Waals surface area contributed by atoms with E-state index in [-0.39, 0.29) is 17.6 Å². The molecule has 0 heterocycles. The molecule has 0 aromatic rings. The minimum absolute atomic E-state index is 0.129. The first kappa shape index (κ1) is 8.84. The lowest BCUT2D eigenvalue weighted by atomic mass is 10.0. The van der Waals surface area contributed by atoms with E-state index in [1.54, 1.807) is 6.08 Å². The largest absolute Gasteiger partial charge is 0.512 e. The van der Waals surface area contributed by atoms with Crippen molar-refractivity contribution in [3.63, 3.8) is 0 Å². The van der Waals surface area contributed by atoms with E-state index in [2.05, 4.69) is 0 Å². The molecule has 0 amide bonds. The third kappa shape index (κ3) is 2.12. The van der Waals surface area contributed by atoms with E-state index < -0.39 is 0 Å². The van der Waals surface area contributed by atoms with Gasteiger partial charge in [-0.3, -0.25) is 4.79 Å². The quantitative estimate of drug-likeness (QED) is 0.608. The monoisotopic (exact) mass is 168 g/mol. The van der Waals surface area contributed by atoms with E-state index in [0.717, 1.165) is 0 Å². The van der Waals surface area contributed by atoms with Gasteiger partial charge < -0.3 is 9.84 Å². The van der Waals surface area contributed by atoms with Crippen LogP contribution in [0.25, 0.3) is 0 Å². The molecule has 0 saturated carbocycles. The lowest BCUT2D eigenvalue weighted by molar-refractivity contribution is -0.136. The smallest absolute Gasteiger partial charge is 0.308 e. The summed E-state index contributed by atoms with van der Waals surface area (Å²) in [5.41, 5.74) is 0. The minimum Gasteiger partial charge on any atom is -0.512 e. The molecular weight excluding hydrogens is 156 g/mol. The molecule has 1 aliphatic rings. The molecular formula is C9H12O3. The van der Waals surface area contributed by atoms with Crippen LogP contribution < -0.4 is 0 Å². The number of hydrogen-bond donors (Lipinski definition) is 1. The van der Waals surface area contributed by atoms with Crippen molar-refractivity contribution in [2.24, 2.45) is 5.92 Å². The van der Waals surface area contributed by atoms with Gasteiger partial charge in [0.05, 0.1) is 5.76 Å². The van der Waals surface area contributed by atoms with Crippen molar-refractivity contribution in [3.05, 3.63) is 23.7 Å². The molecule has 1 atom stereocenters. The van der Waals surface area contributed by atoms with Gasteiger partial charge in [-0.05, 0) is 12.5 Å². The first-order valence-electron chi connectivity index (χ1n) is 3.88. The molecule has 0 aromatic heterocycles. The Balaban J connectivity index is 2.65. The fraction of sp³-hybridized carbons (Fsp3) is 0.444. The number of esters is 1. The van der Waals surface area contributed by atoms with Crippen LogP contribution in [0.2, 0.25) is 0 Å². The molecule has 0 bridgehead atoms. The third-order valence-corrected chi connectivity index (χ3v) is 1.73. The molecule has 3 nitrogen and oxygen atoms in total. The van der Waals surface area contributed by atoms with E-state index in [0.29, 0.717) is 12.2 Å². The summed E-state index contributed by atoms with van der Waals surface area (Å²) in [6.07, 6.45) is 3.99. The zero-order chi connectivity index (χ0) is 9.14. The van der Waals surface area contributed by atoms with Crippen molar-refractivity contribution >= 4 is 5.97 Å². The van der Waals surface area contributed by atoms with Crippen LogP contribution in [0.1, 0.15) is 20.3 Å². The standard InChI is InChI=1S/C9H12O3/c1-6-3-4-8(5-9(6)11)12-7(2)10/h4-6,11H,3H2,1-2H3. The molecule has 66 valence electrons. The van der Waals surface area contributed by atoms with Gasteiger partial charge >= 0.3 is 5.97 Å². The topological polar surface area (TPSA) is 46.5 Å². The van der Waals surface area contributed by atoms with Crippen LogP contribution in [0.3, 0.4) is 0 Å². The Morgan fingerprint density at radius 1 is 1.75 bits per heavy atom. The SMILES string of the molecule is CC(=O)OC1=CCC(C)C(O)=C1. The van der Waals surface area contributed by atoms with Gasteiger partial charge in [0.15, 0.2) is 0 Å². The number of carbonyl (C=O) groups excluding carboxylic acids is 1. The fourth-order valence-electron chi connectivity index (χ4n) is 0.998. The predicted octanol–water partition coefficient (Wildman–Crippen LogP) is 1.92. The van der Waals surface area contributed by atoms with E-state index in [1.807, 2.05) is 6.92 Å². The fourth-order valence-corrected chi connectivity index (χ4v) is 0.998. The average Bonchev–Trinajstić information content (AvgIpc) is 1.96. The summed E-state index contributed by atoms with van der Waals surface area (Å²) in [5.74, 6) is 0.482. The predicted molar refractivity (Wildman–Crippen MR) is 44.3 cm³/mol. The highest BCUT2D eigenvalue weighted by atomic mass is 16.5. The number of hydrogen-bond acceptors (Lipinski definition) is 3. The average molecular weight is 168 g/mol. The Kier molecular flexibility index (Phi) is 2.53. The normalized spacial score (nSPS) is 22.7. The van der Waals surface area contributed by atoms with E-state index >= 15 is 0 Å². The Morgan fingerprint density at radius 2 is 2.42 bits per heavy atom. The van der Waals surface area contributed by atoms with Gasteiger partial charge in [-0.2, -0.15) is 0 Å². The molecule has 3 heteroatoms. The van der Waals surface area contributed by atoms with Gasteiger partial charge in [-0.25, -0.2) is 0 Å². The van der Waals surface area contributed by atoms with Crippen molar-refractivity contribution in [3.8, 4) is 0 Å². The third-order valence-electron chi connectivity index (χ3n) is 1.73. The molecule has 1 rings (SSSR count). The number of allylic oxidation sites excluding steroid dienone is 3. The molecule has 1 N–H and O–H groups in total. The lowest BCUT2D eigenvalue weighted by Crippen LogP contribution is -2.06. The van der Waals surface area contributed by atoms with Crippen LogP contribution in [-0.2, 0) is 9.53 Å². The minimum atomic E-state index is -0.361. The van der Waals surface area contributed by atoms with Crippen molar-refractivity contribution in [2.45, 2.75) is 20.3 Å². The molecule has 0 aliphatic heterocycles. The summed E-state index contributed by atoms with van der Waals surface area (Å²) >= 11 is 0. The van der Waals surface area contributed by atoms with Crippen LogP contribution in [0.5, 0.6) is 0 Å². The summed E-state index contributed by atoms with van der Waals surface area (Å²) in [7, 11) is 0. The maximum absolute atomic E-state index is 10.5. The van der Waals surface area contributed by atoms with Gasteiger partial charge in [-0.1, -0.05) is 6.92 Å². The summed E-state index contributed by atoms with van der Waals surface area (Å²) < 4.78 is 4.80. The molecule has 12 heavy (non-hydrogen) atoms. The number of aliphatic hydroxyl groups excluding tert-OH is 1. The molecule has 0 saturated heterocycles. The van der Waals surface area contributed by atoms with Crippen LogP contribution >= 0.6 is 0 Å². The Bertz CT molecular complexity index is 250. The Labute approximate surface area is 71.3 Å². The molecule has 0 radical (unpaired) electrons. The second-order valence-corrected chi connectivity index (χ2v) is 2.91. The Morgan fingerprint density at radius 3 is 2.92 bits per heavy atom. The summed E-state index contributed by atoms with van der Waals surface area (Å²) in [6.45, 7) is 3.25. The van der Waals surface area contributed by atoms with Crippen molar-refractivity contribution in [1.82, 2.24) is 0 Å². The summed E-state index contributed by atoms with van der Waals surface area (Å²) in [4.78, 5) is 10.5. The second kappa shape index (κ2) is 3.43. The molecule has 0 spiro atoms. The van der Waals surface area contributed by atoms with Gasteiger partial charge in [0.2, 0.25) is 0 Å². The molecule has 0 aromatic carbocycles. The van der Waals surface area contributed by atoms with Crippen molar-refractivity contribution in [1.29, 1.82) is 0 Å². The number of aliphatic hydroxyl groups is 1. The zero-order valence-corrected chi connectivity index (χ0v) is 7.20. The van der Waals surface area contributed by atoms with Crippen LogP contribution in [0.15, 0.2) is 23.7 Å². The highest BCUT2D eigenvalue weighted by Crippen LogP contribution is 2.21.